The van der Waals surface area contributed by atoms with Gasteiger partial charge in [-0.1, -0.05) is 18.9 Å². The van der Waals surface area contributed by atoms with E-state index in [2.05, 4.69) is 10.6 Å². The van der Waals surface area contributed by atoms with Crippen molar-refractivity contribution in [3.05, 3.63) is 29.3 Å². The maximum atomic E-state index is 13.1. The summed E-state index contributed by atoms with van der Waals surface area (Å²) in [4.78, 5) is 63.1. The highest BCUT2D eigenvalue weighted by molar-refractivity contribution is 6.24. The molecule has 2 atom stereocenters. The minimum Gasteiger partial charge on any atom is -0.493 e. The lowest BCUT2D eigenvalue weighted by atomic mass is 9.92. The summed E-state index contributed by atoms with van der Waals surface area (Å²) in [5, 5.41) is 5.31. The Hall–Kier alpha value is -3.27. The zero-order chi connectivity index (χ0) is 24.6. The van der Waals surface area contributed by atoms with E-state index in [1.54, 1.807) is 12.1 Å². The number of nitrogens with one attached hydrogen (secondary N) is 2. The predicted molar refractivity (Wildman–Crippen MR) is 122 cm³/mol. The Labute approximate surface area is 202 Å². The van der Waals surface area contributed by atoms with E-state index >= 15 is 0 Å². The van der Waals surface area contributed by atoms with Crippen molar-refractivity contribution in [2.24, 2.45) is 0 Å². The molecule has 3 fully saturated rings. The number of amides is 5. The van der Waals surface area contributed by atoms with Gasteiger partial charge in [0.2, 0.25) is 17.7 Å². The van der Waals surface area contributed by atoms with Crippen molar-refractivity contribution in [3.63, 3.8) is 0 Å². The number of hydrogen-bond donors (Lipinski definition) is 2. The molecule has 2 N–H and O–H groups in total. The summed E-state index contributed by atoms with van der Waals surface area (Å²) < 4.78 is 11.8. The van der Waals surface area contributed by atoms with E-state index in [9.17, 15) is 24.0 Å². The molecular formula is C25H29N3O7. The van der Waals surface area contributed by atoms with Crippen LogP contribution in [0.4, 0.5) is 0 Å². The van der Waals surface area contributed by atoms with Gasteiger partial charge in [-0.15, -0.1) is 0 Å². The van der Waals surface area contributed by atoms with Gasteiger partial charge in [-0.25, -0.2) is 0 Å². The standard InChI is InChI=1S/C25H29N3O7/c29-19(26-18-10-14-35-25(18)11-1-2-12-25)7-4-13-34-17-6-3-5-15-21(17)24(33)28(23(15)32)16-8-9-20(30)27-22(16)31/h3,5-6,16,18H,1-2,4,7-14H2,(H,26,29)(H,27,30,31). The summed E-state index contributed by atoms with van der Waals surface area (Å²) in [6.45, 7) is 0.867. The van der Waals surface area contributed by atoms with Crippen LogP contribution in [0.1, 0.15) is 78.5 Å². The number of piperidine rings is 1. The quantitative estimate of drug-likeness (QED) is 0.443. The highest BCUT2D eigenvalue weighted by Crippen LogP contribution is 2.41. The monoisotopic (exact) mass is 483 g/mol. The molecule has 0 radical (unpaired) electrons. The van der Waals surface area contributed by atoms with Crippen molar-refractivity contribution >= 4 is 29.5 Å². The maximum absolute atomic E-state index is 13.1. The van der Waals surface area contributed by atoms with Crippen LogP contribution >= 0.6 is 0 Å². The first-order chi connectivity index (χ1) is 16.9. The van der Waals surface area contributed by atoms with Gasteiger partial charge in [0.25, 0.3) is 11.8 Å². The largest absolute Gasteiger partial charge is 0.493 e. The van der Waals surface area contributed by atoms with Gasteiger partial charge in [0.1, 0.15) is 11.8 Å². The number of ether oxygens (including phenoxy) is 2. The molecule has 5 rings (SSSR count). The molecule has 10 nitrogen and oxygen atoms in total. The number of imide groups is 2. The lowest BCUT2D eigenvalue weighted by Crippen LogP contribution is -2.54. The molecule has 2 unspecified atom stereocenters. The summed E-state index contributed by atoms with van der Waals surface area (Å²) in [7, 11) is 0. The molecular weight excluding hydrogens is 454 g/mol. The SMILES string of the molecule is O=C1CCC(N2C(=O)c3cccc(OCCCC(=O)NC4CCOC45CCCC5)c3C2=O)C(=O)N1. The van der Waals surface area contributed by atoms with Gasteiger partial charge in [-0.3, -0.25) is 34.2 Å². The van der Waals surface area contributed by atoms with Gasteiger partial charge >= 0.3 is 0 Å². The molecule has 1 spiro atoms. The van der Waals surface area contributed by atoms with Crippen LogP contribution in [0, 0.1) is 0 Å². The summed E-state index contributed by atoms with van der Waals surface area (Å²) in [6, 6.07) is 3.75. The van der Waals surface area contributed by atoms with Crippen LogP contribution in [0.15, 0.2) is 18.2 Å². The highest BCUT2D eigenvalue weighted by atomic mass is 16.5. The third-order valence-electron chi connectivity index (χ3n) is 7.45. The van der Waals surface area contributed by atoms with E-state index in [0.29, 0.717) is 13.0 Å². The van der Waals surface area contributed by atoms with Gasteiger partial charge in [-0.05, 0) is 44.2 Å². The van der Waals surface area contributed by atoms with Crippen LogP contribution in [0.5, 0.6) is 5.75 Å². The van der Waals surface area contributed by atoms with Crippen LogP contribution in [0.3, 0.4) is 0 Å². The second-order valence-corrected chi connectivity index (χ2v) is 9.61. The van der Waals surface area contributed by atoms with E-state index in [0.717, 1.165) is 37.0 Å². The number of carbonyl (C=O) groups excluding carboxylic acids is 5. The predicted octanol–water partition coefficient (Wildman–Crippen LogP) is 1.46. The minimum absolute atomic E-state index is 0.0519. The number of rotatable bonds is 7. The smallest absolute Gasteiger partial charge is 0.266 e. The second kappa shape index (κ2) is 9.41. The van der Waals surface area contributed by atoms with Crippen LogP contribution in [-0.4, -0.2) is 65.3 Å². The molecule has 2 saturated heterocycles. The Morgan fingerprint density at radius 1 is 1.14 bits per heavy atom. The van der Waals surface area contributed by atoms with Gasteiger partial charge in [-0.2, -0.15) is 0 Å². The molecule has 35 heavy (non-hydrogen) atoms. The fourth-order valence-corrected chi connectivity index (χ4v) is 5.70. The fraction of sp³-hybridized carbons (Fsp3) is 0.560. The molecule has 3 aliphatic heterocycles. The lowest BCUT2D eigenvalue weighted by Gasteiger charge is -2.30. The Bertz CT molecular complexity index is 1070. The normalized spacial score (nSPS) is 25.2. The van der Waals surface area contributed by atoms with Crippen LogP contribution < -0.4 is 15.4 Å². The number of hydrogen-bond acceptors (Lipinski definition) is 7. The van der Waals surface area contributed by atoms with Crippen molar-refractivity contribution in [3.8, 4) is 5.75 Å². The Kier molecular flexibility index (Phi) is 6.31. The molecule has 1 aromatic carbocycles. The lowest BCUT2D eigenvalue weighted by molar-refractivity contribution is -0.136. The van der Waals surface area contributed by atoms with Crippen LogP contribution in [-0.2, 0) is 19.1 Å². The first kappa shape index (κ1) is 23.5. The number of fused-ring (bicyclic) bond motifs is 1. The molecule has 0 bridgehead atoms. The molecule has 186 valence electrons. The highest BCUT2D eigenvalue weighted by Gasteiger charge is 2.47. The molecule has 4 aliphatic rings. The topological polar surface area (TPSA) is 131 Å². The second-order valence-electron chi connectivity index (χ2n) is 9.61. The van der Waals surface area contributed by atoms with Gasteiger partial charge in [0, 0.05) is 19.4 Å². The van der Waals surface area contributed by atoms with Gasteiger partial charge in [0.05, 0.1) is 29.4 Å². The van der Waals surface area contributed by atoms with Crippen molar-refractivity contribution in [2.45, 2.75) is 75.5 Å². The molecule has 1 saturated carbocycles. The summed E-state index contributed by atoms with van der Waals surface area (Å²) in [5.74, 6) is -2.08. The van der Waals surface area contributed by atoms with E-state index in [-0.39, 0.29) is 60.3 Å². The molecule has 1 aliphatic carbocycles. The first-order valence-corrected chi connectivity index (χ1v) is 12.3. The minimum atomic E-state index is -1.03. The summed E-state index contributed by atoms with van der Waals surface area (Å²) >= 11 is 0. The number of nitrogens with zero attached hydrogens (tertiary/aromatic N) is 1. The average molecular weight is 484 g/mol. The molecule has 5 amide bonds. The summed E-state index contributed by atoms with van der Waals surface area (Å²) in [5.41, 5.74) is 0.0777. The third kappa shape index (κ3) is 4.31. The van der Waals surface area contributed by atoms with Crippen LogP contribution in [0.25, 0.3) is 0 Å². The van der Waals surface area contributed by atoms with E-state index in [1.807, 2.05) is 0 Å². The molecule has 1 aromatic rings. The van der Waals surface area contributed by atoms with Crippen molar-refractivity contribution in [1.82, 2.24) is 15.5 Å². The van der Waals surface area contributed by atoms with Gasteiger partial charge < -0.3 is 14.8 Å². The average Bonchev–Trinajstić information content (AvgIpc) is 3.53. The van der Waals surface area contributed by atoms with E-state index in [1.165, 1.54) is 6.07 Å². The zero-order valence-corrected chi connectivity index (χ0v) is 19.5. The fourth-order valence-electron chi connectivity index (χ4n) is 5.70. The first-order valence-electron chi connectivity index (χ1n) is 12.3. The van der Waals surface area contributed by atoms with E-state index in [4.69, 9.17) is 9.47 Å². The maximum Gasteiger partial charge on any atom is 0.266 e. The molecule has 3 heterocycles. The Morgan fingerprint density at radius 3 is 2.71 bits per heavy atom. The molecule has 0 aromatic heterocycles. The number of carbonyl (C=O) groups is 5. The van der Waals surface area contributed by atoms with Crippen molar-refractivity contribution < 1.29 is 33.4 Å². The molecule has 10 heteroatoms. The van der Waals surface area contributed by atoms with Crippen molar-refractivity contribution in [2.75, 3.05) is 13.2 Å². The Morgan fingerprint density at radius 2 is 1.94 bits per heavy atom. The van der Waals surface area contributed by atoms with Gasteiger partial charge in [0.15, 0.2) is 0 Å². The number of benzene rings is 1. The third-order valence-corrected chi connectivity index (χ3v) is 7.45. The zero-order valence-electron chi connectivity index (χ0n) is 19.5. The van der Waals surface area contributed by atoms with E-state index < -0.39 is 29.7 Å². The Balaban J connectivity index is 1.17. The summed E-state index contributed by atoms with van der Waals surface area (Å²) in [6.07, 6.45) is 5.93. The van der Waals surface area contributed by atoms with Crippen LogP contribution in [0.2, 0.25) is 0 Å². The van der Waals surface area contributed by atoms with Crippen molar-refractivity contribution in [1.29, 1.82) is 0 Å².